The lowest BCUT2D eigenvalue weighted by Crippen LogP contribution is -2.19. The van der Waals surface area contributed by atoms with Crippen molar-refractivity contribution in [1.29, 1.82) is 0 Å². The summed E-state index contributed by atoms with van der Waals surface area (Å²) in [5.74, 6) is 0.889. The number of hydrogen-bond donors (Lipinski definition) is 0. The maximum absolute atomic E-state index is 2.35. The zero-order valence-corrected chi connectivity index (χ0v) is 9.89. The third kappa shape index (κ3) is 1.18. The van der Waals surface area contributed by atoms with E-state index in [1.54, 1.807) is 11.1 Å². The van der Waals surface area contributed by atoms with Gasteiger partial charge in [-0.25, -0.2) is 0 Å². The minimum Gasteiger partial charge on any atom is -0.0622 e. The standard InChI is InChI=1S/C17H16/c1-2-7-14(8-3-1)17-12-15(17)11-10-13-6-4-5-9-16(13)17/h1-9,15H,10-12H2. The van der Waals surface area contributed by atoms with E-state index in [2.05, 4.69) is 54.6 Å². The Morgan fingerprint density at radius 2 is 1.65 bits per heavy atom. The molecule has 0 amide bonds. The van der Waals surface area contributed by atoms with Gasteiger partial charge >= 0.3 is 0 Å². The Balaban J connectivity index is 1.92. The molecule has 0 heteroatoms. The maximum atomic E-state index is 2.35. The Labute approximate surface area is 102 Å². The van der Waals surface area contributed by atoms with Crippen molar-refractivity contribution in [3.8, 4) is 0 Å². The highest BCUT2D eigenvalue weighted by molar-refractivity contribution is 5.52. The SMILES string of the molecule is c1ccc(C23CC2CCc2ccccc23)cc1. The molecule has 2 atom stereocenters. The molecule has 0 bridgehead atoms. The van der Waals surface area contributed by atoms with Crippen LogP contribution < -0.4 is 0 Å². The summed E-state index contributed by atoms with van der Waals surface area (Å²) in [4.78, 5) is 0. The van der Waals surface area contributed by atoms with Gasteiger partial charge in [-0.05, 0) is 41.9 Å². The fourth-order valence-electron chi connectivity index (χ4n) is 3.76. The van der Waals surface area contributed by atoms with E-state index in [9.17, 15) is 0 Å². The quantitative estimate of drug-likeness (QED) is 0.683. The molecule has 0 N–H and O–H groups in total. The molecule has 2 aromatic rings. The van der Waals surface area contributed by atoms with Crippen LogP contribution >= 0.6 is 0 Å². The van der Waals surface area contributed by atoms with Gasteiger partial charge in [-0.1, -0.05) is 54.6 Å². The van der Waals surface area contributed by atoms with Crippen molar-refractivity contribution < 1.29 is 0 Å². The predicted molar refractivity (Wildman–Crippen MR) is 70.1 cm³/mol. The molecular weight excluding hydrogens is 204 g/mol. The lowest BCUT2D eigenvalue weighted by Gasteiger charge is -2.26. The van der Waals surface area contributed by atoms with E-state index in [1.807, 2.05) is 0 Å². The number of benzene rings is 2. The van der Waals surface area contributed by atoms with Gasteiger partial charge in [0, 0.05) is 5.41 Å². The van der Waals surface area contributed by atoms with Crippen molar-refractivity contribution in [2.75, 3.05) is 0 Å². The van der Waals surface area contributed by atoms with Crippen LogP contribution in [0.1, 0.15) is 29.5 Å². The fraction of sp³-hybridized carbons (Fsp3) is 0.294. The van der Waals surface area contributed by atoms with Gasteiger partial charge in [-0.3, -0.25) is 0 Å². The van der Waals surface area contributed by atoms with E-state index in [0.29, 0.717) is 5.41 Å². The molecule has 2 aliphatic carbocycles. The normalized spacial score (nSPS) is 29.3. The van der Waals surface area contributed by atoms with Crippen molar-refractivity contribution in [3.05, 3.63) is 71.3 Å². The third-order valence-electron chi connectivity index (χ3n) is 4.65. The van der Waals surface area contributed by atoms with E-state index in [0.717, 1.165) is 5.92 Å². The van der Waals surface area contributed by atoms with Crippen LogP contribution in [0.5, 0.6) is 0 Å². The van der Waals surface area contributed by atoms with Crippen LogP contribution in [-0.2, 0) is 11.8 Å². The Hall–Kier alpha value is -1.56. The van der Waals surface area contributed by atoms with Crippen molar-refractivity contribution in [3.63, 3.8) is 0 Å². The smallest absolute Gasteiger partial charge is 0.0237 e. The molecule has 2 unspecified atom stereocenters. The van der Waals surface area contributed by atoms with Crippen LogP contribution in [0.2, 0.25) is 0 Å². The molecule has 0 aromatic heterocycles. The first-order valence-corrected chi connectivity index (χ1v) is 6.55. The predicted octanol–water partition coefficient (Wildman–Crippen LogP) is 3.94. The number of hydrogen-bond acceptors (Lipinski definition) is 0. The zero-order chi connectivity index (χ0) is 11.3. The second-order valence-electron chi connectivity index (χ2n) is 5.43. The molecule has 4 rings (SSSR count). The molecule has 0 nitrogen and oxygen atoms in total. The summed E-state index contributed by atoms with van der Waals surface area (Å²) in [6.45, 7) is 0. The first-order chi connectivity index (χ1) is 8.41. The number of aryl methyl sites for hydroxylation is 1. The Morgan fingerprint density at radius 3 is 2.53 bits per heavy atom. The van der Waals surface area contributed by atoms with Crippen LogP contribution in [0, 0.1) is 5.92 Å². The van der Waals surface area contributed by atoms with Gasteiger partial charge in [0.1, 0.15) is 0 Å². The highest BCUT2D eigenvalue weighted by Crippen LogP contribution is 2.63. The van der Waals surface area contributed by atoms with Crippen LogP contribution in [0.3, 0.4) is 0 Å². The van der Waals surface area contributed by atoms with Gasteiger partial charge in [-0.2, -0.15) is 0 Å². The van der Waals surface area contributed by atoms with Crippen molar-refractivity contribution in [2.24, 2.45) is 5.92 Å². The maximum Gasteiger partial charge on any atom is 0.0237 e. The van der Waals surface area contributed by atoms with Crippen LogP contribution in [-0.4, -0.2) is 0 Å². The summed E-state index contributed by atoms with van der Waals surface area (Å²) >= 11 is 0. The summed E-state index contributed by atoms with van der Waals surface area (Å²) in [5, 5.41) is 0. The lowest BCUT2D eigenvalue weighted by atomic mass is 9.78. The zero-order valence-electron chi connectivity index (χ0n) is 9.89. The topological polar surface area (TPSA) is 0 Å². The van der Waals surface area contributed by atoms with E-state index in [-0.39, 0.29) is 0 Å². The van der Waals surface area contributed by atoms with Gasteiger partial charge in [0.15, 0.2) is 0 Å². The lowest BCUT2D eigenvalue weighted by molar-refractivity contribution is 0.596. The third-order valence-corrected chi connectivity index (χ3v) is 4.65. The Morgan fingerprint density at radius 1 is 0.882 bits per heavy atom. The fourth-order valence-corrected chi connectivity index (χ4v) is 3.76. The van der Waals surface area contributed by atoms with Crippen LogP contribution in [0.4, 0.5) is 0 Å². The molecule has 2 aliphatic rings. The average Bonchev–Trinajstić information content (AvgIpc) is 3.16. The summed E-state index contributed by atoms with van der Waals surface area (Å²) in [6, 6.07) is 20.1. The summed E-state index contributed by atoms with van der Waals surface area (Å²) in [6.07, 6.45) is 4.00. The first-order valence-electron chi connectivity index (χ1n) is 6.55. The second kappa shape index (κ2) is 3.22. The second-order valence-corrected chi connectivity index (χ2v) is 5.43. The van der Waals surface area contributed by atoms with E-state index in [4.69, 9.17) is 0 Å². The van der Waals surface area contributed by atoms with Gasteiger partial charge in [-0.15, -0.1) is 0 Å². The first kappa shape index (κ1) is 9.47. The summed E-state index contributed by atoms with van der Waals surface area (Å²) in [7, 11) is 0. The molecule has 0 saturated heterocycles. The Bertz CT molecular complexity index is 555. The molecule has 0 radical (unpaired) electrons. The van der Waals surface area contributed by atoms with Crippen molar-refractivity contribution in [1.82, 2.24) is 0 Å². The van der Waals surface area contributed by atoms with Gasteiger partial charge in [0.2, 0.25) is 0 Å². The minimum atomic E-state index is 0.371. The Kier molecular flexibility index (Phi) is 1.80. The monoisotopic (exact) mass is 220 g/mol. The van der Waals surface area contributed by atoms with Crippen LogP contribution in [0.25, 0.3) is 0 Å². The molecule has 17 heavy (non-hydrogen) atoms. The molecule has 0 heterocycles. The van der Waals surface area contributed by atoms with E-state index in [1.165, 1.54) is 24.8 Å². The number of fused-ring (bicyclic) bond motifs is 3. The van der Waals surface area contributed by atoms with Crippen molar-refractivity contribution in [2.45, 2.75) is 24.7 Å². The summed E-state index contributed by atoms with van der Waals surface area (Å²) < 4.78 is 0. The van der Waals surface area contributed by atoms with E-state index < -0.39 is 0 Å². The summed E-state index contributed by atoms with van der Waals surface area (Å²) in [5.41, 5.74) is 5.07. The average molecular weight is 220 g/mol. The molecule has 1 fully saturated rings. The minimum absolute atomic E-state index is 0.371. The van der Waals surface area contributed by atoms with Crippen molar-refractivity contribution >= 4 is 0 Å². The molecular formula is C17H16. The largest absolute Gasteiger partial charge is 0.0622 e. The molecule has 2 aromatic carbocycles. The van der Waals surface area contributed by atoms with Crippen LogP contribution in [0.15, 0.2) is 54.6 Å². The van der Waals surface area contributed by atoms with Gasteiger partial charge < -0.3 is 0 Å². The molecule has 0 aliphatic heterocycles. The molecule has 0 spiro atoms. The number of rotatable bonds is 1. The highest BCUT2D eigenvalue weighted by Gasteiger charge is 2.58. The van der Waals surface area contributed by atoms with Gasteiger partial charge in [0.25, 0.3) is 0 Å². The van der Waals surface area contributed by atoms with E-state index >= 15 is 0 Å². The highest BCUT2D eigenvalue weighted by atomic mass is 14.6. The van der Waals surface area contributed by atoms with Gasteiger partial charge in [0.05, 0.1) is 0 Å². The molecule has 1 saturated carbocycles. The molecule has 84 valence electrons.